The first-order valence-corrected chi connectivity index (χ1v) is 11.5. The fourth-order valence-electron chi connectivity index (χ4n) is 4.81. The Hall–Kier alpha value is -2.90. The Morgan fingerprint density at radius 1 is 1.19 bits per heavy atom. The van der Waals surface area contributed by atoms with Gasteiger partial charge in [-0.25, -0.2) is 4.98 Å². The second kappa shape index (κ2) is 7.66. The predicted octanol–water partition coefficient (Wildman–Crippen LogP) is 3.70. The second-order valence-corrected chi connectivity index (χ2v) is 9.61. The average molecular weight is 437 g/mol. The zero-order valence-electron chi connectivity index (χ0n) is 17.6. The number of nitrogens with zero attached hydrogens (tertiary/aromatic N) is 1. The van der Waals surface area contributed by atoms with Crippen LogP contribution in [0.5, 0.6) is 5.75 Å². The third kappa shape index (κ3) is 3.38. The molecule has 4 aromatic rings. The number of piperidine rings is 1. The maximum atomic E-state index is 13.4. The number of benzene rings is 2. The van der Waals surface area contributed by atoms with Crippen LogP contribution in [0.1, 0.15) is 38.7 Å². The Morgan fingerprint density at radius 3 is 2.68 bits per heavy atom. The van der Waals surface area contributed by atoms with Gasteiger partial charge in [0, 0.05) is 0 Å². The van der Waals surface area contributed by atoms with Gasteiger partial charge in [-0.2, -0.15) is 0 Å². The monoisotopic (exact) mass is 436 g/mol. The van der Waals surface area contributed by atoms with Gasteiger partial charge in [0.1, 0.15) is 22.9 Å². The molecule has 2 aromatic carbocycles. The van der Waals surface area contributed by atoms with E-state index < -0.39 is 0 Å². The number of phenolic OH excluding ortho intramolecular Hbond substituents is 1. The van der Waals surface area contributed by atoms with Crippen LogP contribution in [-0.4, -0.2) is 22.2 Å². The highest BCUT2D eigenvalue weighted by Crippen LogP contribution is 2.35. The lowest BCUT2D eigenvalue weighted by Crippen LogP contribution is -3.18. The van der Waals surface area contributed by atoms with E-state index in [4.69, 9.17) is 10.2 Å². The van der Waals surface area contributed by atoms with E-state index in [1.165, 1.54) is 22.7 Å². The number of fused-ring (bicyclic) bond motifs is 2. The number of quaternary nitrogens is 1. The maximum Gasteiger partial charge on any atom is 0.205 e. The number of nitrogen functional groups attached to an aromatic ring is 1. The zero-order valence-corrected chi connectivity index (χ0v) is 18.5. The Bertz CT molecular complexity index is 1300. The number of thiazole rings is 1. The molecular weight excluding hydrogens is 410 g/mol. The summed E-state index contributed by atoms with van der Waals surface area (Å²) in [5, 5.41) is 11.6. The third-order valence-corrected chi connectivity index (χ3v) is 7.65. The number of nitrogens with two attached hydrogens (primary N) is 1. The van der Waals surface area contributed by atoms with Crippen molar-refractivity contribution in [1.29, 1.82) is 0 Å². The molecule has 1 aliphatic heterocycles. The summed E-state index contributed by atoms with van der Waals surface area (Å²) in [6, 6.07) is 11.9. The molecule has 4 N–H and O–H groups in total. The Kier molecular flexibility index (Phi) is 4.95. The minimum absolute atomic E-state index is 0.0400. The number of hydrogen-bond acceptors (Lipinski definition) is 6. The molecule has 0 aliphatic carbocycles. The van der Waals surface area contributed by atoms with E-state index >= 15 is 0 Å². The molecule has 1 fully saturated rings. The van der Waals surface area contributed by atoms with E-state index in [1.54, 1.807) is 12.1 Å². The van der Waals surface area contributed by atoms with E-state index in [9.17, 15) is 9.90 Å². The Labute approximate surface area is 183 Å². The summed E-state index contributed by atoms with van der Waals surface area (Å²) in [6.45, 7) is 5.07. The molecule has 7 heteroatoms. The van der Waals surface area contributed by atoms with Crippen molar-refractivity contribution in [3.05, 3.63) is 52.2 Å². The molecular formula is C24H26N3O3S+. The molecule has 1 aliphatic rings. The van der Waals surface area contributed by atoms with Gasteiger partial charge in [-0.15, -0.1) is 11.3 Å². The van der Waals surface area contributed by atoms with Gasteiger partial charge < -0.3 is 20.2 Å². The number of rotatable bonds is 3. The smallest absolute Gasteiger partial charge is 0.205 e. The summed E-state index contributed by atoms with van der Waals surface area (Å²) < 4.78 is 7.00. The highest BCUT2D eigenvalue weighted by Gasteiger charge is 2.31. The summed E-state index contributed by atoms with van der Waals surface area (Å²) in [5.41, 5.74) is 8.18. The minimum atomic E-state index is -0.214. The summed E-state index contributed by atoms with van der Waals surface area (Å²) in [5.74, 6) is 0.179. The average Bonchev–Trinajstić information content (AvgIpc) is 3.16. The molecule has 3 heterocycles. The van der Waals surface area contributed by atoms with E-state index in [2.05, 4.69) is 18.8 Å². The van der Waals surface area contributed by atoms with Gasteiger partial charge in [-0.05, 0) is 57.4 Å². The Balaban J connectivity index is 1.66. The van der Waals surface area contributed by atoms with Crippen molar-refractivity contribution in [3.63, 3.8) is 0 Å². The lowest BCUT2D eigenvalue weighted by molar-refractivity contribution is -0.964. The van der Waals surface area contributed by atoms with Crippen LogP contribution < -0.4 is 16.1 Å². The molecule has 0 amide bonds. The van der Waals surface area contributed by atoms with Crippen molar-refractivity contribution in [1.82, 2.24) is 4.98 Å². The van der Waals surface area contributed by atoms with Crippen LogP contribution >= 0.6 is 11.3 Å². The lowest BCUT2D eigenvalue weighted by Gasteiger charge is -2.36. The highest BCUT2D eigenvalue weighted by molar-refractivity contribution is 7.21. The zero-order chi connectivity index (χ0) is 21.7. The van der Waals surface area contributed by atoms with Crippen molar-refractivity contribution in [2.75, 3.05) is 5.73 Å². The summed E-state index contributed by atoms with van der Waals surface area (Å²) in [6.07, 6.45) is 3.53. The van der Waals surface area contributed by atoms with E-state index in [0.717, 1.165) is 23.1 Å². The van der Waals surface area contributed by atoms with Gasteiger partial charge in [0.2, 0.25) is 11.3 Å². The normalized spacial score (nSPS) is 19.9. The molecule has 0 saturated carbocycles. The fraction of sp³-hybridized carbons (Fsp3) is 0.333. The molecule has 0 spiro atoms. The predicted molar refractivity (Wildman–Crippen MR) is 125 cm³/mol. The highest BCUT2D eigenvalue weighted by atomic mass is 32.1. The molecule has 2 atom stereocenters. The maximum absolute atomic E-state index is 13.4. The largest absolute Gasteiger partial charge is 0.507 e. The molecule has 5 rings (SSSR count). The first-order valence-electron chi connectivity index (χ1n) is 10.7. The number of aromatic nitrogens is 1. The SMILES string of the molecule is C[C@@H]1CCC[C@@H](C)[NH+]1Cc1c(O)ccc2c(=O)c(-c3nc4ccccc4s3)c(N)oc12. The number of aromatic hydroxyl groups is 1. The molecule has 0 unspecified atom stereocenters. The van der Waals surface area contributed by atoms with Crippen molar-refractivity contribution in [2.45, 2.75) is 51.7 Å². The third-order valence-electron chi connectivity index (χ3n) is 6.59. The van der Waals surface area contributed by atoms with E-state index in [0.29, 0.717) is 40.2 Å². The standard InChI is InChI=1S/C24H25N3O3S/c1-13-6-5-7-14(2)27(13)12-16-18(28)11-10-15-21(29)20(23(25)30-22(15)16)24-26-17-8-3-4-9-19(17)31-24/h3-4,8-11,13-14,28H,5-7,12,25H2,1-2H3/p+1/t13-,14-/m1/s1. The molecule has 1 saturated heterocycles. The van der Waals surface area contributed by atoms with Gasteiger partial charge in [0.05, 0.1) is 33.2 Å². The first kappa shape index (κ1) is 20.0. The van der Waals surface area contributed by atoms with Crippen LogP contribution in [0.2, 0.25) is 0 Å². The fourth-order valence-corrected chi connectivity index (χ4v) is 5.82. The van der Waals surface area contributed by atoms with Crippen LogP contribution in [0.25, 0.3) is 31.8 Å². The van der Waals surface area contributed by atoms with Crippen molar-refractivity contribution in [3.8, 4) is 16.3 Å². The summed E-state index contributed by atoms with van der Waals surface area (Å²) in [4.78, 5) is 19.4. The van der Waals surface area contributed by atoms with E-state index in [-0.39, 0.29) is 22.6 Å². The first-order chi connectivity index (χ1) is 14.9. The topological polar surface area (TPSA) is 93.8 Å². The van der Waals surface area contributed by atoms with Crippen LogP contribution in [0.4, 0.5) is 5.88 Å². The van der Waals surface area contributed by atoms with Crippen LogP contribution in [0, 0.1) is 0 Å². The molecule has 31 heavy (non-hydrogen) atoms. The van der Waals surface area contributed by atoms with Crippen LogP contribution in [-0.2, 0) is 6.54 Å². The second-order valence-electron chi connectivity index (χ2n) is 8.58. The van der Waals surface area contributed by atoms with Crippen molar-refractivity contribution in [2.24, 2.45) is 0 Å². The molecule has 0 radical (unpaired) electrons. The molecule has 6 nitrogen and oxygen atoms in total. The number of likely N-dealkylation sites (tertiary alicyclic amines) is 1. The number of anilines is 1. The lowest BCUT2D eigenvalue weighted by atomic mass is 9.96. The summed E-state index contributed by atoms with van der Waals surface area (Å²) in [7, 11) is 0. The van der Waals surface area contributed by atoms with Gasteiger partial charge in [0.25, 0.3) is 0 Å². The van der Waals surface area contributed by atoms with Crippen molar-refractivity contribution < 1.29 is 14.4 Å². The van der Waals surface area contributed by atoms with Crippen LogP contribution in [0.3, 0.4) is 0 Å². The quantitative estimate of drug-likeness (QED) is 0.455. The van der Waals surface area contributed by atoms with Gasteiger partial charge in [0.15, 0.2) is 5.58 Å². The minimum Gasteiger partial charge on any atom is -0.507 e. The van der Waals surface area contributed by atoms with Gasteiger partial charge >= 0.3 is 0 Å². The number of nitrogens with one attached hydrogen (secondary N) is 1. The molecule has 0 bridgehead atoms. The Morgan fingerprint density at radius 2 is 1.94 bits per heavy atom. The number of phenols is 1. The molecule has 160 valence electrons. The van der Waals surface area contributed by atoms with Crippen LogP contribution in [0.15, 0.2) is 45.6 Å². The number of hydrogen-bond donors (Lipinski definition) is 3. The number of para-hydroxylation sites is 1. The van der Waals surface area contributed by atoms with Crippen molar-refractivity contribution >= 4 is 38.4 Å². The van der Waals surface area contributed by atoms with Gasteiger partial charge in [-0.3, -0.25) is 4.79 Å². The van der Waals surface area contributed by atoms with E-state index in [1.807, 2.05) is 24.3 Å². The molecule has 2 aromatic heterocycles. The summed E-state index contributed by atoms with van der Waals surface area (Å²) >= 11 is 1.42. The van der Waals surface area contributed by atoms with Gasteiger partial charge in [-0.1, -0.05) is 12.1 Å².